The second-order valence-corrected chi connectivity index (χ2v) is 8.93. The maximum Gasteiger partial charge on any atom is 0.312 e. The number of methoxy groups -OCH3 is 1. The number of aromatic nitrogens is 1. The SMILES string of the molecule is C=C(OC(C)(C)C)N1CC[C@@](Cc2nc(Br)ccc2F)(C(=O)OC)C[C@H]1C. The van der Waals surface area contributed by atoms with E-state index in [4.69, 9.17) is 9.47 Å². The molecule has 7 heteroatoms. The molecule has 2 atom stereocenters. The minimum atomic E-state index is -0.832. The lowest BCUT2D eigenvalue weighted by molar-refractivity contribution is -0.158. The van der Waals surface area contributed by atoms with E-state index in [1.165, 1.54) is 13.2 Å². The highest BCUT2D eigenvalue weighted by atomic mass is 79.9. The zero-order valence-corrected chi connectivity index (χ0v) is 18.2. The van der Waals surface area contributed by atoms with Crippen LogP contribution < -0.4 is 0 Å². The summed E-state index contributed by atoms with van der Waals surface area (Å²) in [6, 6.07) is 2.89. The van der Waals surface area contributed by atoms with Gasteiger partial charge in [0.25, 0.3) is 0 Å². The van der Waals surface area contributed by atoms with Crippen LogP contribution in [0.4, 0.5) is 4.39 Å². The number of carbonyl (C=O) groups excluding carboxylic acids is 1. The van der Waals surface area contributed by atoms with E-state index in [0.717, 1.165) is 0 Å². The molecule has 0 saturated carbocycles. The number of hydrogen-bond acceptors (Lipinski definition) is 5. The van der Waals surface area contributed by atoms with E-state index >= 15 is 0 Å². The molecule has 1 aromatic heterocycles. The largest absolute Gasteiger partial charge is 0.474 e. The number of hydrogen-bond donors (Lipinski definition) is 0. The molecule has 5 nitrogen and oxygen atoms in total. The van der Waals surface area contributed by atoms with Gasteiger partial charge < -0.3 is 14.4 Å². The molecule has 0 amide bonds. The van der Waals surface area contributed by atoms with Crippen LogP contribution in [0.15, 0.2) is 29.2 Å². The lowest BCUT2D eigenvalue weighted by atomic mass is 9.72. The molecule has 1 aliphatic rings. The molecule has 0 bridgehead atoms. The molecule has 27 heavy (non-hydrogen) atoms. The van der Waals surface area contributed by atoms with Crippen molar-refractivity contribution in [1.29, 1.82) is 0 Å². The Morgan fingerprint density at radius 1 is 1.48 bits per heavy atom. The van der Waals surface area contributed by atoms with E-state index in [1.807, 2.05) is 27.7 Å². The third-order valence-corrected chi connectivity index (χ3v) is 5.24. The van der Waals surface area contributed by atoms with Crippen LogP contribution in [-0.4, -0.2) is 41.2 Å². The Kier molecular flexibility index (Phi) is 6.55. The second-order valence-electron chi connectivity index (χ2n) is 8.12. The molecule has 0 unspecified atom stereocenters. The minimum Gasteiger partial charge on any atom is -0.474 e. The maximum atomic E-state index is 14.3. The quantitative estimate of drug-likeness (QED) is 0.382. The summed E-state index contributed by atoms with van der Waals surface area (Å²) in [4.78, 5) is 19.0. The van der Waals surface area contributed by atoms with Crippen molar-refractivity contribution >= 4 is 21.9 Å². The summed E-state index contributed by atoms with van der Waals surface area (Å²) in [7, 11) is 1.37. The molecule has 150 valence electrons. The molecule has 1 fully saturated rings. The van der Waals surface area contributed by atoms with E-state index in [1.54, 1.807) is 6.07 Å². The van der Waals surface area contributed by atoms with Crippen molar-refractivity contribution in [3.05, 3.63) is 40.7 Å². The molecule has 2 heterocycles. The Labute approximate surface area is 169 Å². The number of esters is 1. The van der Waals surface area contributed by atoms with Gasteiger partial charge in [0.2, 0.25) is 0 Å². The standard InChI is InChI=1S/C20H28BrFN2O3/c1-13-11-20(18(25)26-6,12-16-15(22)7-8-17(21)23-16)9-10-24(13)14(2)27-19(3,4)5/h7-8,13H,2,9-12H2,1,3-6H3/t13-,20-/m1/s1. The molecule has 0 aliphatic carbocycles. The zero-order valence-electron chi connectivity index (χ0n) is 16.6. The van der Waals surface area contributed by atoms with Crippen molar-refractivity contribution in [1.82, 2.24) is 9.88 Å². The van der Waals surface area contributed by atoms with Crippen molar-refractivity contribution < 1.29 is 18.7 Å². The number of ether oxygens (including phenoxy) is 2. The van der Waals surface area contributed by atoms with Gasteiger partial charge in [0.15, 0.2) is 5.88 Å². The summed E-state index contributed by atoms with van der Waals surface area (Å²) in [5.74, 6) is -0.171. The highest BCUT2D eigenvalue weighted by molar-refractivity contribution is 9.10. The van der Waals surface area contributed by atoms with Gasteiger partial charge in [0, 0.05) is 19.0 Å². The predicted octanol–water partition coefficient (Wildman–Crippen LogP) is 4.46. The van der Waals surface area contributed by atoms with E-state index in [-0.39, 0.29) is 29.7 Å². The number of piperidine rings is 1. The molecule has 1 saturated heterocycles. The van der Waals surface area contributed by atoms with E-state index in [9.17, 15) is 9.18 Å². The van der Waals surface area contributed by atoms with Crippen molar-refractivity contribution in [3.8, 4) is 0 Å². The lowest BCUT2D eigenvalue weighted by Crippen LogP contribution is -2.50. The van der Waals surface area contributed by atoms with Crippen LogP contribution in [0.2, 0.25) is 0 Å². The first-order valence-electron chi connectivity index (χ1n) is 9.01. The molecular weight excluding hydrogens is 415 g/mol. The number of nitrogens with zero attached hydrogens (tertiary/aromatic N) is 2. The average molecular weight is 443 g/mol. The molecule has 1 aromatic rings. The van der Waals surface area contributed by atoms with Crippen LogP contribution in [-0.2, 0) is 20.7 Å². The van der Waals surface area contributed by atoms with Gasteiger partial charge in [-0.05, 0) is 75.2 Å². The van der Waals surface area contributed by atoms with Crippen LogP contribution in [0, 0.1) is 11.2 Å². The van der Waals surface area contributed by atoms with E-state index < -0.39 is 11.2 Å². The Morgan fingerprint density at radius 3 is 2.70 bits per heavy atom. The summed E-state index contributed by atoms with van der Waals surface area (Å²) in [6.07, 6.45) is 1.19. The summed E-state index contributed by atoms with van der Waals surface area (Å²) < 4.78 is 25.8. The summed E-state index contributed by atoms with van der Waals surface area (Å²) in [6.45, 7) is 12.5. The summed E-state index contributed by atoms with van der Waals surface area (Å²) >= 11 is 3.27. The smallest absolute Gasteiger partial charge is 0.312 e. The van der Waals surface area contributed by atoms with Crippen molar-refractivity contribution in [2.24, 2.45) is 5.41 Å². The van der Waals surface area contributed by atoms with Gasteiger partial charge >= 0.3 is 5.97 Å². The number of rotatable bonds is 5. The average Bonchev–Trinajstić information content (AvgIpc) is 2.55. The molecule has 0 radical (unpaired) electrons. The summed E-state index contributed by atoms with van der Waals surface area (Å²) in [5, 5.41) is 0. The highest BCUT2D eigenvalue weighted by Gasteiger charge is 2.46. The number of pyridine rings is 1. The van der Waals surface area contributed by atoms with Gasteiger partial charge in [-0.2, -0.15) is 0 Å². The summed E-state index contributed by atoms with van der Waals surface area (Å²) in [5.41, 5.74) is -0.918. The molecule has 1 aliphatic heterocycles. The van der Waals surface area contributed by atoms with Gasteiger partial charge in [-0.15, -0.1) is 0 Å². The van der Waals surface area contributed by atoms with Gasteiger partial charge in [-0.25, -0.2) is 9.37 Å². The van der Waals surface area contributed by atoms with Gasteiger partial charge in [-0.1, -0.05) is 0 Å². The Balaban J connectivity index is 2.25. The fraction of sp³-hybridized carbons (Fsp3) is 0.600. The minimum absolute atomic E-state index is 0.0112. The highest BCUT2D eigenvalue weighted by Crippen LogP contribution is 2.41. The normalized spacial score (nSPS) is 23.1. The predicted molar refractivity (Wildman–Crippen MR) is 105 cm³/mol. The van der Waals surface area contributed by atoms with Crippen molar-refractivity contribution in [2.45, 2.75) is 58.6 Å². The molecule has 0 aromatic carbocycles. The number of carbonyl (C=O) groups is 1. The third kappa shape index (κ3) is 5.21. The number of likely N-dealkylation sites (tertiary alicyclic amines) is 1. The topological polar surface area (TPSA) is 51.7 Å². The van der Waals surface area contributed by atoms with Crippen molar-refractivity contribution in [2.75, 3.05) is 13.7 Å². The molecular formula is C20H28BrFN2O3. The fourth-order valence-electron chi connectivity index (χ4n) is 3.65. The van der Waals surface area contributed by atoms with Crippen LogP contribution in [0.5, 0.6) is 0 Å². The van der Waals surface area contributed by atoms with Crippen LogP contribution in [0.3, 0.4) is 0 Å². The van der Waals surface area contributed by atoms with Crippen molar-refractivity contribution in [3.63, 3.8) is 0 Å². The monoisotopic (exact) mass is 442 g/mol. The zero-order chi connectivity index (χ0) is 20.4. The molecule has 2 rings (SSSR count). The van der Waals surface area contributed by atoms with E-state index in [0.29, 0.717) is 29.9 Å². The number of halogens is 2. The van der Waals surface area contributed by atoms with Crippen LogP contribution in [0.25, 0.3) is 0 Å². The second kappa shape index (κ2) is 8.17. The van der Waals surface area contributed by atoms with E-state index in [2.05, 4.69) is 32.4 Å². The van der Waals surface area contributed by atoms with Gasteiger partial charge in [-0.3, -0.25) is 4.79 Å². The Hall–Kier alpha value is -1.63. The third-order valence-electron chi connectivity index (χ3n) is 4.80. The van der Waals surface area contributed by atoms with Crippen LogP contribution in [0.1, 0.15) is 46.2 Å². The Bertz CT molecular complexity index is 720. The fourth-order valence-corrected chi connectivity index (χ4v) is 4.00. The first-order chi connectivity index (χ1) is 12.5. The lowest BCUT2D eigenvalue weighted by Gasteiger charge is -2.45. The molecule has 0 spiro atoms. The first kappa shape index (κ1) is 21.7. The van der Waals surface area contributed by atoms with Crippen LogP contribution >= 0.6 is 15.9 Å². The van der Waals surface area contributed by atoms with Gasteiger partial charge in [0.1, 0.15) is 16.0 Å². The Morgan fingerprint density at radius 2 is 2.15 bits per heavy atom. The first-order valence-corrected chi connectivity index (χ1v) is 9.81. The van der Waals surface area contributed by atoms with Gasteiger partial charge in [0.05, 0.1) is 18.2 Å². The maximum absolute atomic E-state index is 14.3. The molecule has 0 N–H and O–H groups in total.